The summed E-state index contributed by atoms with van der Waals surface area (Å²) >= 11 is 0. The van der Waals surface area contributed by atoms with Gasteiger partial charge in [-0.2, -0.15) is 0 Å². The molecular weight excluding hydrogens is 692 g/mol. The first-order valence-electron chi connectivity index (χ1n) is 15.9. The SMILES string of the molecule is CC[C@H](C)[C@H](NC(=O)[C@@H](N)[C@@H](C)O)C(=O)N[C@@H](CC(N)=O)C(=O)N[C@@H](CC(N)=O)C(=O)N[C@@H](Cc1ccc(O)cc1)C(=O)N[C@@H](CC(=O)O)C(=O)O. The molecule has 21 nitrogen and oxygen atoms in total. The molecule has 0 unspecified atom stereocenters. The zero-order chi connectivity index (χ0) is 39.9. The van der Waals surface area contributed by atoms with E-state index in [0.717, 1.165) is 0 Å². The van der Waals surface area contributed by atoms with Gasteiger partial charge in [-0.1, -0.05) is 32.4 Å². The van der Waals surface area contributed by atoms with Gasteiger partial charge in [-0.15, -0.1) is 0 Å². The monoisotopic (exact) mass is 738 g/mol. The molecule has 8 atom stereocenters. The second-order valence-corrected chi connectivity index (χ2v) is 12.0. The topological polar surface area (TPSA) is 373 Å². The molecule has 0 saturated heterocycles. The number of aliphatic hydroxyl groups excluding tert-OH is 1. The Morgan fingerprint density at radius 2 is 1.10 bits per heavy atom. The highest BCUT2D eigenvalue weighted by Crippen LogP contribution is 2.13. The Morgan fingerprint density at radius 3 is 1.52 bits per heavy atom. The van der Waals surface area contributed by atoms with E-state index in [1.165, 1.54) is 31.2 Å². The molecule has 0 aliphatic carbocycles. The van der Waals surface area contributed by atoms with E-state index in [1.54, 1.807) is 13.8 Å². The summed E-state index contributed by atoms with van der Waals surface area (Å²) < 4.78 is 0. The molecule has 288 valence electrons. The maximum Gasteiger partial charge on any atom is 0.326 e. The molecule has 7 amide bonds. The predicted octanol–water partition coefficient (Wildman–Crippen LogP) is -4.58. The second kappa shape index (κ2) is 20.7. The number of carbonyl (C=O) groups excluding carboxylic acids is 7. The average molecular weight is 739 g/mol. The Hall–Kier alpha value is -5.83. The van der Waals surface area contributed by atoms with E-state index in [2.05, 4.69) is 21.3 Å². The molecule has 0 fully saturated rings. The maximum absolute atomic E-state index is 13.5. The summed E-state index contributed by atoms with van der Waals surface area (Å²) in [4.78, 5) is 113. The first kappa shape index (κ1) is 44.2. The number of phenols is 1. The summed E-state index contributed by atoms with van der Waals surface area (Å²) in [6.07, 6.45) is -4.06. The molecule has 1 aromatic carbocycles. The lowest BCUT2D eigenvalue weighted by molar-refractivity contribution is -0.147. The van der Waals surface area contributed by atoms with Crippen LogP contribution in [0, 0.1) is 5.92 Å². The number of benzene rings is 1. The zero-order valence-corrected chi connectivity index (χ0v) is 28.7. The summed E-state index contributed by atoms with van der Waals surface area (Å²) in [6.45, 7) is 4.53. The van der Waals surface area contributed by atoms with Crippen LogP contribution in [-0.4, -0.2) is 116 Å². The molecule has 0 spiro atoms. The number of rotatable bonds is 22. The van der Waals surface area contributed by atoms with Crippen LogP contribution in [0.15, 0.2) is 24.3 Å². The van der Waals surface area contributed by atoms with Crippen LogP contribution in [0.1, 0.15) is 52.0 Å². The summed E-state index contributed by atoms with van der Waals surface area (Å²) in [5, 5.41) is 48.8. The Bertz CT molecular complexity index is 1490. The van der Waals surface area contributed by atoms with Gasteiger partial charge in [0.05, 0.1) is 25.4 Å². The van der Waals surface area contributed by atoms with Crippen LogP contribution in [0.3, 0.4) is 0 Å². The van der Waals surface area contributed by atoms with Gasteiger partial charge in [-0.3, -0.25) is 38.4 Å². The fourth-order valence-electron chi connectivity index (χ4n) is 4.52. The molecule has 0 saturated carbocycles. The largest absolute Gasteiger partial charge is 0.508 e. The summed E-state index contributed by atoms with van der Waals surface area (Å²) in [5.74, 6) is -11.7. The number of hydrogen-bond donors (Lipinski definition) is 12. The van der Waals surface area contributed by atoms with E-state index >= 15 is 0 Å². The smallest absolute Gasteiger partial charge is 0.326 e. The Kier molecular flexibility index (Phi) is 17.6. The van der Waals surface area contributed by atoms with Gasteiger partial charge in [0.15, 0.2) is 0 Å². The Morgan fingerprint density at radius 1 is 0.654 bits per heavy atom. The van der Waals surface area contributed by atoms with Crippen molar-refractivity contribution < 1.29 is 63.6 Å². The van der Waals surface area contributed by atoms with Crippen molar-refractivity contribution in [3.8, 4) is 5.75 Å². The molecule has 52 heavy (non-hydrogen) atoms. The number of amides is 7. The zero-order valence-electron chi connectivity index (χ0n) is 28.7. The summed E-state index contributed by atoms with van der Waals surface area (Å²) in [7, 11) is 0. The molecule has 1 rings (SSSR count). The third kappa shape index (κ3) is 15.0. The van der Waals surface area contributed by atoms with Crippen LogP contribution in [0.4, 0.5) is 0 Å². The molecule has 21 heteroatoms. The number of aromatic hydroxyl groups is 1. The van der Waals surface area contributed by atoms with Gasteiger partial charge in [-0.05, 0) is 30.5 Å². The highest BCUT2D eigenvalue weighted by Gasteiger charge is 2.35. The fraction of sp³-hybridized carbons (Fsp3) is 0.516. The molecule has 0 aromatic heterocycles. The van der Waals surface area contributed by atoms with Gasteiger partial charge in [0, 0.05) is 6.42 Å². The van der Waals surface area contributed by atoms with Crippen LogP contribution < -0.4 is 43.8 Å². The van der Waals surface area contributed by atoms with E-state index in [9.17, 15) is 58.5 Å². The number of carboxylic acids is 2. The number of hydrogen-bond acceptors (Lipinski definition) is 12. The van der Waals surface area contributed by atoms with Crippen LogP contribution >= 0.6 is 0 Å². The van der Waals surface area contributed by atoms with Crippen LogP contribution in [0.25, 0.3) is 0 Å². The van der Waals surface area contributed by atoms with Crippen LogP contribution in [-0.2, 0) is 49.6 Å². The molecule has 0 bridgehead atoms. The van der Waals surface area contributed by atoms with E-state index in [1.807, 2.05) is 5.32 Å². The molecular formula is C31H46N8O13. The highest BCUT2D eigenvalue weighted by molar-refractivity contribution is 5.99. The average Bonchev–Trinajstić information content (AvgIpc) is 3.05. The summed E-state index contributed by atoms with van der Waals surface area (Å²) in [6, 6.07) is -4.75. The first-order chi connectivity index (χ1) is 24.2. The van der Waals surface area contributed by atoms with Crippen molar-refractivity contribution in [2.75, 3.05) is 0 Å². The quantitative estimate of drug-likeness (QED) is 0.0533. The number of aliphatic carboxylic acids is 2. The van der Waals surface area contributed by atoms with Crippen molar-refractivity contribution in [2.24, 2.45) is 23.1 Å². The lowest BCUT2D eigenvalue weighted by Gasteiger charge is -2.28. The van der Waals surface area contributed by atoms with E-state index in [-0.39, 0.29) is 12.2 Å². The lowest BCUT2D eigenvalue weighted by Crippen LogP contribution is -2.61. The molecule has 0 heterocycles. The number of carbonyl (C=O) groups is 9. The fourth-order valence-corrected chi connectivity index (χ4v) is 4.52. The minimum absolute atomic E-state index is 0.149. The van der Waals surface area contributed by atoms with Crippen molar-refractivity contribution in [3.05, 3.63) is 29.8 Å². The Labute approximate surface area is 297 Å². The third-order valence-electron chi connectivity index (χ3n) is 7.69. The van der Waals surface area contributed by atoms with Gasteiger partial charge in [-0.25, -0.2) is 4.79 Å². The van der Waals surface area contributed by atoms with Crippen LogP contribution in [0.2, 0.25) is 0 Å². The number of phenolic OH excluding ortho intramolecular Hbond substituents is 1. The lowest BCUT2D eigenvalue weighted by atomic mass is 9.97. The second-order valence-electron chi connectivity index (χ2n) is 12.0. The van der Waals surface area contributed by atoms with Gasteiger partial charge in [0.25, 0.3) is 0 Å². The standard InChI is InChI=1S/C31H46N8O13/c1-4-13(2)25(39-29(49)24(34)14(3)40)30(50)37-19(11-22(33)43)28(48)36-18(10-21(32)42)27(47)35-17(9-15-5-7-16(41)8-6-15)26(46)38-20(31(51)52)12-23(44)45/h5-8,13-14,17-20,24-25,40-41H,4,9-12,34H2,1-3H3,(H2,32,42)(H2,33,43)(H,35,47)(H,36,48)(H,37,50)(H,38,46)(H,39,49)(H,44,45)(H,51,52)/t13-,14+,17-,18-,19-,20-,24-,25-/m0/s1. The van der Waals surface area contributed by atoms with Gasteiger partial charge >= 0.3 is 11.9 Å². The van der Waals surface area contributed by atoms with Gasteiger partial charge in [0.1, 0.15) is 42.0 Å². The normalized spacial score (nSPS) is 15.5. The van der Waals surface area contributed by atoms with Crippen molar-refractivity contribution in [1.82, 2.24) is 26.6 Å². The molecule has 15 N–H and O–H groups in total. The first-order valence-corrected chi connectivity index (χ1v) is 15.9. The molecule has 1 aromatic rings. The van der Waals surface area contributed by atoms with E-state index in [4.69, 9.17) is 22.3 Å². The number of carboxylic acid groups (broad SMARTS) is 2. The third-order valence-corrected chi connectivity index (χ3v) is 7.69. The van der Waals surface area contributed by atoms with Crippen molar-refractivity contribution >= 4 is 53.3 Å². The minimum atomic E-state index is -1.92. The summed E-state index contributed by atoms with van der Waals surface area (Å²) in [5.41, 5.74) is 16.6. The number of primary amides is 2. The van der Waals surface area contributed by atoms with Gasteiger partial charge < -0.3 is 64.2 Å². The van der Waals surface area contributed by atoms with Crippen LogP contribution in [0.5, 0.6) is 5.75 Å². The van der Waals surface area contributed by atoms with E-state index in [0.29, 0.717) is 12.0 Å². The van der Waals surface area contributed by atoms with E-state index < -0.39 is 121 Å². The molecule has 0 radical (unpaired) electrons. The van der Waals surface area contributed by atoms with Crippen molar-refractivity contribution in [1.29, 1.82) is 0 Å². The number of nitrogens with two attached hydrogens (primary N) is 3. The van der Waals surface area contributed by atoms with Gasteiger partial charge in [0.2, 0.25) is 41.4 Å². The van der Waals surface area contributed by atoms with Crippen molar-refractivity contribution in [2.45, 2.75) is 95.2 Å². The number of nitrogens with one attached hydrogen (secondary N) is 5. The predicted molar refractivity (Wildman–Crippen MR) is 178 cm³/mol. The Balaban J connectivity index is 3.39. The van der Waals surface area contributed by atoms with Crippen molar-refractivity contribution in [3.63, 3.8) is 0 Å². The maximum atomic E-state index is 13.5. The molecule has 0 aliphatic rings. The number of aliphatic hydroxyl groups is 1. The molecule has 0 aliphatic heterocycles. The highest BCUT2D eigenvalue weighted by atomic mass is 16.4. The minimum Gasteiger partial charge on any atom is -0.508 e.